The Morgan fingerprint density at radius 2 is 1.74 bits per heavy atom. The lowest BCUT2D eigenvalue weighted by atomic mass is 10.1. The third kappa shape index (κ3) is 7.04. The third-order valence-corrected chi connectivity index (χ3v) is 10.1. The number of nitrogens with one attached hydrogen (secondary N) is 3. The minimum Gasteiger partial charge on any atom is -0.445 e. The number of hydrogen-bond acceptors (Lipinski definition) is 8. The number of benzene rings is 3. The second kappa shape index (κ2) is 13.2. The molecule has 1 saturated heterocycles. The van der Waals surface area contributed by atoms with E-state index in [2.05, 4.69) is 56.9 Å². The van der Waals surface area contributed by atoms with Crippen molar-refractivity contribution in [1.82, 2.24) is 10.3 Å². The number of ether oxygens (including phenoxy) is 2. The van der Waals surface area contributed by atoms with Gasteiger partial charge in [0.15, 0.2) is 0 Å². The van der Waals surface area contributed by atoms with E-state index >= 15 is 0 Å². The minimum atomic E-state index is -0.438. The lowest BCUT2D eigenvalue weighted by Gasteiger charge is -2.29. The summed E-state index contributed by atoms with van der Waals surface area (Å²) < 4.78 is 10.9. The number of pyridine rings is 1. The highest BCUT2D eigenvalue weighted by Crippen LogP contribution is 2.52. The van der Waals surface area contributed by atoms with Crippen molar-refractivity contribution in [3.63, 3.8) is 0 Å². The topological polar surface area (TPSA) is 95.7 Å². The first-order chi connectivity index (χ1) is 20.9. The van der Waals surface area contributed by atoms with Crippen LogP contribution in [0, 0.1) is 0 Å². The van der Waals surface area contributed by atoms with E-state index < -0.39 is 6.09 Å². The Kier molecular flexibility index (Phi) is 8.97. The fraction of sp³-hybridized carbons (Fsp3) is 0.273. The maximum atomic E-state index is 12.7. The Bertz CT molecular complexity index is 1660. The van der Waals surface area contributed by atoms with E-state index in [0.29, 0.717) is 13.2 Å². The van der Waals surface area contributed by atoms with Crippen LogP contribution in [-0.4, -0.2) is 49.5 Å². The molecule has 0 saturated carbocycles. The summed E-state index contributed by atoms with van der Waals surface area (Å²) in [6.07, 6.45) is -0.438. The Balaban J connectivity index is 1.12. The summed E-state index contributed by atoms with van der Waals surface area (Å²) in [5, 5.41) is 6.46. The van der Waals surface area contributed by atoms with Crippen molar-refractivity contribution >= 4 is 41.0 Å². The summed E-state index contributed by atoms with van der Waals surface area (Å²) in [4.78, 5) is 34.9. The van der Waals surface area contributed by atoms with E-state index in [-0.39, 0.29) is 24.2 Å². The zero-order valence-electron chi connectivity index (χ0n) is 24.1. The van der Waals surface area contributed by atoms with Crippen LogP contribution < -0.4 is 21.1 Å². The number of H-pyrrole nitrogens is 1. The number of morpholine rings is 1. The molecule has 1 unspecified atom stereocenters. The predicted octanol–water partition coefficient (Wildman–Crippen LogP) is 6.61. The average Bonchev–Trinajstić information content (AvgIpc) is 3.03. The molecule has 0 radical (unpaired) electrons. The smallest absolute Gasteiger partial charge is 0.407 e. The van der Waals surface area contributed by atoms with Gasteiger partial charge in [0.25, 0.3) is 0 Å². The zero-order chi connectivity index (χ0) is 29.8. The molecular formula is C33H34N4O4S2. The Morgan fingerprint density at radius 3 is 2.56 bits per heavy atom. The number of aromatic amines is 1. The van der Waals surface area contributed by atoms with Gasteiger partial charge < -0.3 is 30.0 Å². The first kappa shape index (κ1) is 29.2. The molecule has 222 valence electrons. The summed E-state index contributed by atoms with van der Waals surface area (Å²) in [7, 11) is 0. The van der Waals surface area contributed by atoms with E-state index in [4.69, 9.17) is 9.47 Å². The lowest BCUT2D eigenvalue weighted by molar-refractivity contribution is 0.122. The molecule has 0 spiro atoms. The maximum Gasteiger partial charge on any atom is 0.407 e. The number of fused-ring (bicyclic) bond motifs is 2. The highest BCUT2D eigenvalue weighted by atomic mass is 32.2. The second-order valence-electron chi connectivity index (χ2n) is 10.6. The van der Waals surface area contributed by atoms with Crippen LogP contribution in [0.5, 0.6) is 0 Å². The first-order valence-corrected chi connectivity index (χ1v) is 16.0. The van der Waals surface area contributed by atoms with Crippen molar-refractivity contribution in [2.45, 2.75) is 52.1 Å². The first-order valence-electron chi connectivity index (χ1n) is 14.4. The van der Waals surface area contributed by atoms with Crippen LogP contribution in [0.4, 0.5) is 16.2 Å². The summed E-state index contributed by atoms with van der Waals surface area (Å²) in [6.45, 7) is 7.11. The summed E-state index contributed by atoms with van der Waals surface area (Å²) in [5.74, 6) is 0. The average molecular weight is 615 g/mol. The Hall–Kier alpha value is -3.86. The normalized spacial score (nSPS) is 15.5. The van der Waals surface area contributed by atoms with E-state index in [1.54, 1.807) is 29.6 Å². The fourth-order valence-corrected chi connectivity index (χ4v) is 7.46. The van der Waals surface area contributed by atoms with Gasteiger partial charge in [-0.15, -0.1) is 0 Å². The molecule has 10 heteroatoms. The van der Waals surface area contributed by atoms with E-state index in [0.717, 1.165) is 60.9 Å². The van der Waals surface area contributed by atoms with Gasteiger partial charge in [-0.1, -0.05) is 66.0 Å². The van der Waals surface area contributed by atoms with Crippen molar-refractivity contribution in [2.24, 2.45) is 0 Å². The Labute approximate surface area is 259 Å². The van der Waals surface area contributed by atoms with Crippen molar-refractivity contribution in [2.75, 3.05) is 36.5 Å². The van der Waals surface area contributed by atoms with Crippen LogP contribution >= 0.6 is 23.5 Å². The van der Waals surface area contributed by atoms with Gasteiger partial charge in [-0.05, 0) is 49.7 Å². The van der Waals surface area contributed by atoms with Crippen LogP contribution in [-0.2, 0) is 16.1 Å². The van der Waals surface area contributed by atoms with Crippen molar-refractivity contribution in [3.05, 3.63) is 94.8 Å². The summed E-state index contributed by atoms with van der Waals surface area (Å²) >= 11 is 3.44. The van der Waals surface area contributed by atoms with Crippen molar-refractivity contribution in [1.29, 1.82) is 0 Å². The van der Waals surface area contributed by atoms with Gasteiger partial charge in [0.2, 0.25) is 5.56 Å². The molecule has 3 aromatic carbocycles. The number of aromatic nitrogens is 1. The van der Waals surface area contributed by atoms with Gasteiger partial charge in [0.1, 0.15) is 6.61 Å². The summed E-state index contributed by atoms with van der Waals surface area (Å²) in [5.41, 5.74) is 4.58. The summed E-state index contributed by atoms with van der Waals surface area (Å²) in [6, 6.07) is 25.8. The molecule has 1 amide bonds. The highest BCUT2D eigenvalue weighted by molar-refractivity contribution is 8.05. The minimum absolute atomic E-state index is 0.0296. The van der Waals surface area contributed by atoms with Gasteiger partial charge in [-0.2, -0.15) is 0 Å². The molecule has 2 aliphatic heterocycles. The van der Waals surface area contributed by atoms with Gasteiger partial charge in [0, 0.05) is 67.8 Å². The number of carbonyl (C=O) groups is 1. The molecule has 43 heavy (non-hydrogen) atoms. The number of amides is 1. The van der Waals surface area contributed by atoms with Gasteiger partial charge >= 0.3 is 6.09 Å². The molecule has 2 atom stereocenters. The van der Waals surface area contributed by atoms with Crippen LogP contribution in [0.1, 0.15) is 19.4 Å². The molecular weight excluding hydrogens is 581 g/mol. The molecule has 1 fully saturated rings. The van der Waals surface area contributed by atoms with Crippen LogP contribution in [0.25, 0.3) is 11.3 Å². The number of nitrogens with zero attached hydrogens (tertiary/aromatic N) is 1. The molecule has 4 aromatic rings. The van der Waals surface area contributed by atoms with Crippen LogP contribution in [0.3, 0.4) is 0 Å². The van der Waals surface area contributed by atoms with Gasteiger partial charge in [-0.3, -0.25) is 4.79 Å². The third-order valence-electron chi connectivity index (χ3n) is 7.55. The number of anilines is 2. The number of alkyl carbamates (subject to hydrolysis) is 1. The van der Waals surface area contributed by atoms with Crippen LogP contribution in [0.15, 0.2) is 103 Å². The van der Waals surface area contributed by atoms with E-state index in [9.17, 15) is 9.59 Å². The molecule has 0 aliphatic carbocycles. The van der Waals surface area contributed by atoms with Gasteiger partial charge in [-0.25, -0.2) is 4.79 Å². The Morgan fingerprint density at radius 1 is 0.930 bits per heavy atom. The van der Waals surface area contributed by atoms with Crippen molar-refractivity contribution in [3.8, 4) is 11.3 Å². The van der Waals surface area contributed by atoms with Crippen molar-refractivity contribution < 1.29 is 14.3 Å². The molecule has 1 aromatic heterocycles. The second-order valence-corrected chi connectivity index (χ2v) is 12.8. The monoisotopic (exact) mass is 614 g/mol. The maximum absolute atomic E-state index is 12.7. The molecule has 3 heterocycles. The number of rotatable bonds is 8. The van der Waals surface area contributed by atoms with E-state index in [1.165, 1.54) is 0 Å². The van der Waals surface area contributed by atoms with E-state index in [1.807, 2.05) is 50.2 Å². The molecule has 2 aliphatic rings. The zero-order valence-corrected chi connectivity index (χ0v) is 25.7. The predicted molar refractivity (Wildman–Crippen MR) is 173 cm³/mol. The molecule has 8 nitrogen and oxygen atoms in total. The highest BCUT2D eigenvalue weighted by Gasteiger charge is 2.23. The SMILES string of the molecule is CC(Nc1ccc2c(c1)Sc1cccc(-c3cc(N4CCOCC4)cc(=O)[nH]3)c1S2)[C@H](C)NC(=O)OCc1ccccc1. The fourth-order valence-electron chi connectivity index (χ4n) is 5.05. The standard InChI is InChI=1S/C33H34N4O4S2/c1-21(22(2)35-33(39)41-20-23-7-4-3-5-8-23)34-24-11-12-28-30(17-24)42-29-10-6-9-26(32(29)43-28)27-18-25(19-31(38)36-27)37-13-15-40-16-14-37/h3-12,17-19,21-22,34H,13-16,20H2,1-2H3,(H,35,39)(H,36,38)/t21?,22-/m0/s1. The largest absolute Gasteiger partial charge is 0.445 e. The molecule has 0 bridgehead atoms. The van der Waals surface area contributed by atoms with Crippen LogP contribution in [0.2, 0.25) is 0 Å². The lowest BCUT2D eigenvalue weighted by Crippen LogP contribution is -2.43. The number of carbonyl (C=O) groups excluding carboxylic acids is 1. The number of hydrogen-bond donors (Lipinski definition) is 3. The quantitative estimate of drug-likeness (QED) is 0.180. The molecule has 6 rings (SSSR count). The molecule has 3 N–H and O–H groups in total. The van der Waals surface area contributed by atoms with Gasteiger partial charge in [0.05, 0.1) is 18.9 Å².